The maximum Gasteiger partial charge on any atom is 0.281 e. The maximum atomic E-state index is 12.2. The van der Waals surface area contributed by atoms with Gasteiger partial charge in [0, 0.05) is 26.2 Å². The third kappa shape index (κ3) is 2.25. The van der Waals surface area contributed by atoms with Crippen LogP contribution >= 0.6 is 0 Å². The van der Waals surface area contributed by atoms with Gasteiger partial charge >= 0.3 is 0 Å². The predicted octanol–water partition coefficient (Wildman–Crippen LogP) is 0.0297. The number of nitrogens with zero attached hydrogens (tertiary/aromatic N) is 2. The molecule has 6 heteroatoms. The van der Waals surface area contributed by atoms with Gasteiger partial charge in [-0.2, -0.15) is 17.0 Å². The van der Waals surface area contributed by atoms with Crippen LogP contribution in [-0.4, -0.2) is 54.4 Å². The van der Waals surface area contributed by atoms with E-state index in [1.54, 1.807) is 4.31 Å². The van der Waals surface area contributed by atoms with E-state index in [0.717, 1.165) is 12.8 Å². The molecule has 0 aromatic rings. The summed E-state index contributed by atoms with van der Waals surface area (Å²) in [5.74, 6) is 0.0335. The van der Waals surface area contributed by atoms with E-state index in [4.69, 9.17) is 0 Å². The second kappa shape index (κ2) is 4.60. The van der Waals surface area contributed by atoms with Crippen molar-refractivity contribution in [2.75, 3.05) is 26.2 Å². The average molecular weight is 248 g/mol. The summed E-state index contributed by atoms with van der Waals surface area (Å²) in [5, 5.41) is 9.59. The molecule has 94 valence electrons. The van der Waals surface area contributed by atoms with Crippen LogP contribution < -0.4 is 0 Å². The first-order chi connectivity index (χ1) is 7.51. The van der Waals surface area contributed by atoms with Crippen molar-refractivity contribution in [3.8, 4) is 0 Å². The Morgan fingerprint density at radius 2 is 1.75 bits per heavy atom. The van der Waals surface area contributed by atoms with Gasteiger partial charge in [0.05, 0.1) is 6.10 Å². The van der Waals surface area contributed by atoms with Crippen molar-refractivity contribution in [2.24, 2.45) is 5.92 Å². The van der Waals surface area contributed by atoms with Crippen molar-refractivity contribution >= 4 is 10.2 Å². The summed E-state index contributed by atoms with van der Waals surface area (Å²) in [7, 11) is -3.26. The highest BCUT2D eigenvalue weighted by atomic mass is 32.2. The first kappa shape index (κ1) is 12.3. The minimum Gasteiger partial charge on any atom is -0.393 e. The van der Waals surface area contributed by atoms with Crippen LogP contribution in [0.25, 0.3) is 0 Å². The number of hydrogen-bond donors (Lipinski definition) is 1. The van der Waals surface area contributed by atoms with Crippen molar-refractivity contribution in [1.29, 1.82) is 0 Å². The fourth-order valence-corrected chi connectivity index (χ4v) is 4.19. The largest absolute Gasteiger partial charge is 0.393 e. The van der Waals surface area contributed by atoms with E-state index in [1.165, 1.54) is 4.31 Å². The molecule has 0 aromatic heterocycles. The van der Waals surface area contributed by atoms with Crippen LogP contribution in [0.4, 0.5) is 0 Å². The van der Waals surface area contributed by atoms with E-state index in [-0.39, 0.29) is 12.0 Å². The summed E-state index contributed by atoms with van der Waals surface area (Å²) in [6.07, 6.45) is 2.12. The molecule has 0 saturated carbocycles. The van der Waals surface area contributed by atoms with E-state index in [0.29, 0.717) is 32.6 Å². The van der Waals surface area contributed by atoms with Gasteiger partial charge in [0.2, 0.25) is 0 Å². The summed E-state index contributed by atoms with van der Waals surface area (Å²) in [5.41, 5.74) is 0. The normalized spacial score (nSPS) is 34.4. The zero-order valence-corrected chi connectivity index (χ0v) is 10.5. The second-order valence-electron chi connectivity index (χ2n) is 4.81. The number of aliphatic hydroxyl groups is 1. The average Bonchev–Trinajstić information content (AvgIpc) is 2.75. The first-order valence-electron chi connectivity index (χ1n) is 5.95. The van der Waals surface area contributed by atoms with Crippen LogP contribution in [0.5, 0.6) is 0 Å². The minimum atomic E-state index is -3.26. The molecule has 2 saturated heterocycles. The van der Waals surface area contributed by atoms with Crippen LogP contribution in [0.2, 0.25) is 0 Å². The molecular formula is C10H20N2O3S. The number of aliphatic hydroxyl groups excluding tert-OH is 1. The monoisotopic (exact) mass is 248 g/mol. The molecule has 0 radical (unpaired) electrons. The Morgan fingerprint density at radius 1 is 1.12 bits per heavy atom. The molecule has 5 nitrogen and oxygen atoms in total. The molecule has 2 aliphatic heterocycles. The van der Waals surface area contributed by atoms with Crippen molar-refractivity contribution in [1.82, 2.24) is 8.61 Å². The summed E-state index contributed by atoms with van der Waals surface area (Å²) >= 11 is 0. The van der Waals surface area contributed by atoms with Gasteiger partial charge in [-0.25, -0.2) is 0 Å². The third-order valence-corrected chi connectivity index (χ3v) is 5.54. The lowest BCUT2D eigenvalue weighted by Crippen LogP contribution is -2.49. The van der Waals surface area contributed by atoms with E-state index in [9.17, 15) is 13.5 Å². The van der Waals surface area contributed by atoms with E-state index in [2.05, 4.69) is 0 Å². The van der Waals surface area contributed by atoms with Gasteiger partial charge in [-0.05, 0) is 25.2 Å². The molecule has 0 amide bonds. The Morgan fingerprint density at radius 3 is 2.31 bits per heavy atom. The fraction of sp³-hybridized carbons (Fsp3) is 1.00. The van der Waals surface area contributed by atoms with Gasteiger partial charge in [0.15, 0.2) is 0 Å². The molecule has 16 heavy (non-hydrogen) atoms. The van der Waals surface area contributed by atoms with Gasteiger partial charge in [-0.15, -0.1) is 0 Å². The number of piperidine rings is 1. The summed E-state index contributed by atoms with van der Waals surface area (Å²) in [4.78, 5) is 0. The van der Waals surface area contributed by atoms with Gasteiger partial charge in [-0.1, -0.05) is 6.92 Å². The highest BCUT2D eigenvalue weighted by molar-refractivity contribution is 7.86. The van der Waals surface area contributed by atoms with Gasteiger partial charge in [0.25, 0.3) is 10.2 Å². The van der Waals surface area contributed by atoms with E-state index in [1.807, 2.05) is 6.92 Å². The van der Waals surface area contributed by atoms with Crippen LogP contribution in [0.3, 0.4) is 0 Å². The van der Waals surface area contributed by atoms with E-state index >= 15 is 0 Å². The molecule has 2 heterocycles. The Balaban J connectivity index is 2.06. The SMILES string of the molecule is CC1CN(S(=O)(=O)N2CCCC2)CCC1O. The van der Waals surface area contributed by atoms with Crippen molar-refractivity contribution in [2.45, 2.75) is 32.3 Å². The summed E-state index contributed by atoms with van der Waals surface area (Å²) in [6, 6.07) is 0. The predicted molar refractivity (Wildman–Crippen MR) is 61.1 cm³/mol. The lowest BCUT2D eigenvalue weighted by Gasteiger charge is -2.35. The molecule has 2 atom stereocenters. The minimum absolute atomic E-state index is 0.0335. The lowest BCUT2D eigenvalue weighted by molar-refractivity contribution is 0.0611. The smallest absolute Gasteiger partial charge is 0.281 e. The molecular weight excluding hydrogens is 228 g/mol. The number of rotatable bonds is 2. The lowest BCUT2D eigenvalue weighted by atomic mass is 9.99. The Bertz CT molecular complexity index is 338. The van der Waals surface area contributed by atoms with Crippen LogP contribution in [0.1, 0.15) is 26.2 Å². The van der Waals surface area contributed by atoms with Crippen molar-refractivity contribution < 1.29 is 13.5 Å². The molecule has 0 aromatic carbocycles. The van der Waals surface area contributed by atoms with Crippen LogP contribution in [0, 0.1) is 5.92 Å². The second-order valence-corrected chi connectivity index (χ2v) is 6.73. The maximum absolute atomic E-state index is 12.2. The molecule has 2 aliphatic rings. The Kier molecular flexibility index (Phi) is 3.53. The molecule has 0 aliphatic carbocycles. The quantitative estimate of drug-likeness (QED) is 0.750. The zero-order valence-electron chi connectivity index (χ0n) is 9.67. The third-order valence-electron chi connectivity index (χ3n) is 3.54. The van der Waals surface area contributed by atoms with E-state index < -0.39 is 10.2 Å². The van der Waals surface area contributed by atoms with Crippen LogP contribution in [-0.2, 0) is 10.2 Å². The zero-order chi connectivity index (χ0) is 11.8. The fourth-order valence-electron chi connectivity index (χ4n) is 2.39. The molecule has 2 unspecified atom stereocenters. The standard InChI is InChI=1S/C10H20N2O3S/c1-9-8-12(7-4-10(9)13)16(14,15)11-5-2-3-6-11/h9-10,13H,2-8H2,1H3. The van der Waals surface area contributed by atoms with Crippen molar-refractivity contribution in [3.63, 3.8) is 0 Å². The van der Waals surface area contributed by atoms with Crippen LogP contribution in [0.15, 0.2) is 0 Å². The van der Waals surface area contributed by atoms with Gasteiger partial charge < -0.3 is 5.11 Å². The van der Waals surface area contributed by atoms with Gasteiger partial charge in [-0.3, -0.25) is 0 Å². The molecule has 1 N–H and O–H groups in total. The Hall–Kier alpha value is -0.170. The van der Waals surface area contributed by atoms with Crippen molar-refractivity contribution in [3.05, 3.63) is 0 Å². The first-order valence-corrected chi connectivity index (χ1v) is 7.35. The topological polar surface area (TPSA) is 60.9 Å². The molecule has 0 spiro atoms. The highest BCUT2D eigenvalue weighted by Crippen LogP contribution is 2.23. The summed E-state index contributed by atoms with van der Waals surface area (Å²) in [6.45, 7) is 4.09. The summed E-state index contributed by atoms with van der Waals surface area (Å²) < 4.78 is 27.5. The Labute approximate surface area is 97.2 Å². The molecule has 2 fully saturated rings. The number of hydrogen-bond acceptors (Lipinski definition) is 3. The van der Waals surface area contributed by atoms with Gasteiger partial charge in [0.1, 0.15) is 0 Å². The highest BCUT2D eigenvalue weighted by Gasteiger charge is 2.36. The molecule has 2 rings (SSSR count). The molecule has 0 bridgehead atoms.